The molecule has 0 aliphatic carbocycles. The summed E-state index contributed by atoms with van der Waals surface area (Å²) >= 11 is 8.50. The van der Waals surface area contributed by atoms with Gasteiger partial charge in [0.15, 0.2) is 5.11 Å². The average Bonchev–Trinajstić information content (AvgIpc) is 2.83. The van der Waals surface area contributed by atoms with Crippen LogP contribution in [0.4, 0.5) is 5.69 Å². The fourth-order valence-electron chi connectivity index (χ4n) is 2.86. The number of ether oxygens (including phenoxy) is 1. The molecule has 2 aromatic rings. The van der Waals surface area contributed by atoms with Crippen molar-refractivity contribution in [2.75, 3.05) is 11.9 Å². The van der Waals surface area contributed by atoms with Crippen molar-refractivity contribution >= 4 is 56.7 Å². The second-order valence-electron chi connectivity index (χ2n) is 7.39. The minimum Gasteiger partial charge on any atom is -0.493 e. The number of benzene rings is 2. The number of carbonyl (C=O) groups excluding carboxylic acids is 3. The number of unbranched alkanes of at least 4 members (excludes halogenated alkanes) is 3. The van der Waals surface area contributed by atoms with Crippen LogP contribution in [-0.4, -0.2) is 29.4 Å². The first-order valence-corrected chi connectivity index (χ1v) is 12.3. The number of nitrogens with one attached hydrogen (secondary N) is 4. The highest BCUT2D eigenvalue weighted by Gasteiger charge is 2.15. The third-order valence-corrected chi connectivity index (χ3v) is 5.41. The highest BCUT2D eigenvalue weighted by atomic mass is 79.9. The predicted octanol–water partition coefficient (Wildman–Crippen LogP) is 4.71. The molecule has 2 rings (SSSR count). The smallest absolute Gasteiger partial charge is 0.269 e. The summed E-state index contributed by atoms with van der Waals surface area (Å²) in [5.41, 5.74) is 6.22. The quantitative estimate of drug-likeness (QED) is 0.194. The molecule has 0 radical (unpaired) electrons. The molecular formula is C24H29BrN4O4S. The van der Waals surface area contributed by atoms with E-state index in [0.717, 1.165) is 30.2 Å². The number of anilines is 1. The molecule has 0 bridgehead atoms. The Labute approximate surface area is 213 Å². The Balaban J connectivity index is 1.88. The number of hydrogen-bond acceptors (Lipinski definition) is 5. The second kappa shape index (κ2) is 14.3. The lowest BCUT2D eigenvalue weighted by atomic mass is 10.2. The Kier molecular flexibility index (Phi) is 11.5. The minimum atomic E-state index is -0.465. The summed E-state index contributed by atoms with van der Waals surface area (Å²) in [6.07, 6.45) is 4.61. The summed E-state index contributed by atoms with van der Waals surface area (Å²) in [6, 6.07) is 11.6. The van der Waals surface area contributed by atoms with Crippen molar-refractivity contribution < 1.29 is 19.1 Å². The van der Waals surface area contributed by atoms with Gasteiger partial charge in [-0.15, -0.1) is 0 Å². The van der Waals surface area contributed by atoms with Crippen LogP contribution >= 0.6 is 28.1 Å². The number of thiocarbonyl (C=S) groups is 1. The first kappa shape index (κ1) is 27.3. The van der Waals surface area contributed by atoms with E-state index in [4.69, 9.17) is 17.0 Å². The van der Waals surface area contributed by atoms with Crippen LogP contribution in [-0.2, 0) is 4.79 Å². The van der Waals surface area contributed by atoms with Crippen LogP contribution < -0.4 is 26.2 Å². The molecule has 3 amide bonds. The zero-order valence-corrected chi connectivity index (χ0v) is 21.6. The fourth-order valence-corrected chi connectivity index (χ4v) is 3.36. The molecule has 182 valence electrons. The highest BCUT2D eigenvalue weighted by Crippen LogP contribution is 2.23. The Morgan fingerprint density at radius 2 is 1.68 bits per heavy atom. The van der Waals surface area contributed by atoms with E-state index in [2.05, 4.69) is 44.3 Å². The van der Waals surface area contributed by atoms with Crippen LogP contribution in [0.2, 0.25) is 0 Å². The van der Waals surface area contributed by atoms with E-state index in [1.165, 1.54) is 0 Å². The van der Waals surface area contributed by atoms with E-state index >= 15 is 0 Å². The van der Waals surface area contributed by atoms with E-state index in [-0.39, 0.29) is 11.0 Å². The maximum absolute atomic E-state index is 12.7. The molecule has 0 unspecified atom stereocenters. The first-order valence-electron chi connectivity index (χ1n) is 11.1. The molecule has 0 spiro atoms. The Morgan fingerprint density at radius 1 is 0.941 bits per heavy atom. The number of hydrogen-bond donors (Lipinski definition) is 4. The summed E-state index contributed by atoms with van der Waals surface area (Å²) in [5, 5.41) is 5.17. The number of amides is 3. The van der Waals surface area contributed by atoms with Gasteiger partial charge in [0, 0.05) is 22.1 Å². The van der Waals surface area contributed by atoms with Crippen LogP contribution in [0.1, 0.15) is 66.7 Å². The molecule has 8 nitrogen and oxygen atoms in total. The topological polar surface area (TPSA) is 109 Å². The van der Waals surface area contributed by atoms with Gasteiger partial charge in [-0.1, -0.05) is 49.0 Å². The lowest BCUT2D eigenvalue weighted by Gasteiger charge is -2.14. The van der Waals surface area contributed by atoms with E-state index in [1.807, 2.05) is 0 Å². The van der Waals surface area contributed by atoms with Crippen molar-refractivity contribution in [3.8, 4) is 5.75 Å². The zero-order chi connectivity index (χ0) is 24.9. The van der Waals surface area contributed by atoms with Gasteiger partial charge in [-0.2, -0.15) is 0 Å². The fraction of sp³-hybridized carbons (Fsp3) is 0.333. The molecular weight excluding hydrogens is 520 g/mol. The van der Waals surface area contributed by atoms with Crippen molar-refractivity contribution in [1.82, 2.24) is 16.2 Å². The monoisotopic (exact) mass is 548 g/mol. The normalized spacial score (nSPS) is 10.2. The molecule has 10 heteroatoms. The molecule has 34 heavy (non-hydrogen) atoms. The zero-order valence-electron chi connectivity index (χ0n) is 19.2. The van der Waals surface area contributed by atoms with E-state index in [9.17, 15) is 14.4 Å². The SMILES string of the molecule is CCCCCCOc1ccc(Br)cc1C(=O)NC(=S)NNC(=O)c1ccc(NC(=O)CC)cc1. The molecule has 0 aliphatic rings. The number of rotatable bonds is 10. The van der Waals surface area contributed by atoms with Crippen LogP contribution in [0, 0.1) is 0 Å². The lowest BCUT2D eigenvalue weighted by molar-refractivity contribution is -0.115. The predicted molar refractivity (Wildman–Crippen MR) is 140 cm³/mol. The third-order valence-electron chi connectivity index (χ3n) is 4.71. The highest BCUT2D eigenvalue weighted by molar-refractivity contribution is 9.10. The maximum atomic E-state index is 12.7. The van der Waals surface area contributed by atoms with E-state index in [0.29, 0.717) is 35.6 Å². The maximum Gasteiger partial charge on any atom is 0.269 e. The van der Waals surface area contributed by atoms with Crippen LogP contribution in [0.5, 0.6) is 5.75 Å². The average molecular weight is 549 g/mol. The number of carbonyl (C=O) groups is 3. The largest absolute Gasteiger partial charge is 0.493 e. The molecule has 0 atom stereocenters. The third kappa shape index (κ3) is 9.11. The Hall–Kier alpha value is -2.98. The molecule has 0 heterocycles. The van der Waals surface area contributed by atoms with Crippen molar-refractivity contribution in [3.05, 3.63) is 58.1 Å². The summed E-state index contributed by atoms with van der Waals surface area (Å²) < 4.78 is 6.52. The molecule has 0 aliphatic heterocycles. The van der Waals surface area contributed by atoms with Gasteiger partial charge in [-0.3, -0.25) is 30.6 Å². The molecule has 0 saturated carbocycles. The lowest BCUT2D eigenvalue weighted by Crippen LogP contribution is -2.48. The van der Waals surface area contributed by atoms with Crippen LogP contribution in [0.3, 0.4) is 0 Å². The molecule has 0 aromatic heterocycles. The van der Waals surface area contributed by atoms with Crippen molar-refractivity contribution in [2.45, 2.75) is 46.0 Å². The van der Waals surface area contributed by atoms with Gasteiger partial charge < -0.3 is 10.1 Å². The summed E-state index contributed by atoms with van der Waals surface area (Å²) in [5.74, 6) is -0.578. The van der Waals surface area contributed by atoms with Crippen molar-refractivity contribution in [1.29, 1.82) is 0 Å². The molecule has 0 saturated heterocycles. The number of hydrazine groups is 1. The summed E-state index contributed by atoms with van der Waals surface area (Å²) in [4.78, 5) is 36.5. The molecule has 0 fully saturated rings. The summed E-state index contributed by atoms with van der Waals surface area (Å²) in [7, 11) is 0. The van der Waals surface area contributed by atoms with Crippen molar-refractivity contribution in [3.63, 3.8) is 0 Å². The van der Waals surface area contributed by atoms with Crippen LogP contribution in [0.15, 0.2) is 46.9 Å². The molecule has 2 aromatic carbocycles. The Morgan fingerprint density at radius 3 is 2.35 bits per heavy atom. The van der Waals surface area contributed by atoms with Gasteiger partial charge in [0.25, 0.3) is 11.8 Å². The van der Waals surface area contributed by atoms with E-state index in [1.54, 1.807) is 49.4 Å². The minimum absolute atomic E-state index is 0.0703. The standard InChI is InChI=1S/C24H29BrN4O4S/c1-3-5-6-7-14-33-20-13-10-17(25)15-19(20)23(32)27-24(34)29-28-22(31)16-8-11-18(12-9-16)26-21(30)4-2/h8-13,15H,3-7,14H2,1-2H3,(H,26,30)(H,28,31)(H2,27,29,32,34). The van der Waals surface area contributed by atoms with Gasteiger partial charge in [-0.25, -0.2) is 0 Å². The molecule has 4 N–H and O–H groups in total. The second-order valence-corrected chi connectivity index (χ2v) is 8.71. The van der Waals surface area contributed by atoms with Gasteiger partial charge >= 0.3 is 0 Å². The van der Waals surface area contributed by atoms with Gasteiger partial charge in [0.05, 0.1) is 12.2 Å². The van der Waals surface area contributed by atoms with Gasteiger partial charge in [0.1, 0.15) is 5.75 Å². The van der Waals surface area contributed by atoms with Crippen molar-refractivity contribution in [2.24, 2.45) is 0 Å². The number of halogens is 1. The van der Waals surface area contributed by atoms with Crippen LogP contribution in [0.25, 0.3) is 0 Å². The Bertz CT molecular complexity index is 1010. The van der Waals surface area contributed by atoms with E-state index < -0.39 is 11.8 Å². The van der Waals surface area contributed by atoms with Gasteiger partial charge in [-0.05, 0) is 61.1 Å². The summed E-state index contributed by atoms with van der Waals surface area (Å²) in [6.45, 7) is 4.41. The van der Waals surface area contributed by atoms with Gasteiger partial charge in [0.2, 0.25) is 5.91 Å². The first-order chi connectivity index (χ1) is 16.3.